The van der Waals surface area contributed by atoms with E-state index in [0.717, 1.165) is 5.56 Å². The SMILES string of the molecule is O=[N+]([O-])c1ccc(Cl)c(CNC2COC2)c1. The molecule has 1 saturated heterocycles. The van der Waals surface area contributed by atoms with Gasteiger partial charge in [0.05, 0.1) is 24.2 Å². The maximum Gasteiger partial charge on any atom is 0.269 e. The number of benzene rings is 1. The van der Waals surface area contributed by atoms with Crippen LogP contribution in [0.1, 0.15) is 5.56 Å². The van der Waals surface area contributed by atoms with Crippen LogP contribution in [0.4, 0.5) is 5.69 Å². The van der Waals surface area contributed by atoms with Gasteiger partial charge in [0.15, 0.2) is 0 Å². The lowest BCUT2D eigenvalue weighted by molar-refractivity contribution is -0.384. The number of nitrogens with one attached hydrogen (secondary N) is 1. The van der Waals surface area contributed by atoms with Gasteiger partial charge in [0.2, 0.25) is 0 Å². The number of hydrogen-bond acceptors (Lipinski definition) is 4. The summed E-state index contributed by atoms with van der Waals surface area (Å²) in [7, 11) is 0. The summed E-state index contributed by atoms with van der Waals surface area (Å²) >= 11 is 5.95. The predicted octanol–water partition coefficient (Wildman–Crippen LogP) is 1.74. The van der Waals surface area contributed by atoms with Crippen LogP contribution in [0.2, 0.25) is 5.02 Å². The molecule has 1 aromatic rings. The molecule has 0 amide bonds. The fraction of sp³-hybridized carbons (Fsp3) is 0.400. The normalized spacial score (nSPS) is 15.8. The predicted molar refractivity (Wildman–Crippen MR) is 59.6 cm³/mol. The second-order valence-electron chi connectivity index (χ2n) is 3.65. The summed E-state index contributed by atoms with van der Waals surface area (Å²) in [6.45, 7) is 1.90. The highest BCUT2D eigenvalue weighted by Gasteiger charge is 2.18. The van der Waals surface area contributed by atoms with Crippen LogP contribution in [0.5, 0.6) is 0 Å². The minimum Gasteiger partial charge on any atom is -0.378 e. The molecule has 0 unspecified atom stereocenters. The van der Waals surface area contributed by atoms with Crippen LogP contribution in [-0.4, -0.2) is 24.2 Å². The van der Waals surface area contributed by atoms with Gasteiger partial charge in [-0.2, -0.15) is 0 Å². The molecule has 1 N–H and O–H groups in total. The van der Waals surface area contributed by atoms with Crippen molar-refractivity contribution in [3.05, 3.63) is 38.9 Å². The second kappa shape index (κ2) is 4.78. The molecule has 86 valence electrons. The van der Waals surface area contributed by atoms with Crippen molar-refractivity contribution < 1.29 is 9.66 Å². The number of nitrogens with zero attached hydrogens (tertiary/aromatic N) is 1. The molecule has 0 radical (unpaired) electrons. The largest absolute Gasteiger partial charge is 0.378 e. The van der Waals surface area contributed by atoms with Crippen molar-refractivity contribution in [1.29, 1.82) is 0 Å². The molecule has 0 aromatic heterocycles. The van der Waals surface area contributed by atoms with Crippen molar-refractivity contribution in [2.24, 2.45) is 0 Å². The molecule has 5 nitrogen and oxygen atoms in total. The van der Waals surface area contributed by atoms with Crippen molar-refractivity contribution in [2.45, 2.75) is 12.6 Å². The molecule has 1 aliphatic rings. The number of non-ortho nitro benzene ring substituents is 1. The zero-order valence-corrected chi connectivity index (χ0v) is 9.24. The van der Waals surface area contributed by atoms with Gasteiger partial charge in [-0.05, 0) is 11.6 Å². The van der Waals surface area contributed by atoms with Gasteiger partial charge in [-0.3, -0.25) is 10.1 Å². The van der Waals surface area contributed by atoms with Crippen molar-refractivity contribution >= 4 is 17.3 Å². The van der Waals surface area contributed by atoms with Crippen molar-refractivity contribution in [2.75, 3.05) is 13.2 Å². The summed E-state index contributed by atoms with van der Waals surface area (Å²) in [4.78, 5) is 10.2. The van der Waals surface area contributed by atoms with Crippen LogP contribution >= 0.6 is 11.6 Å². The number of hydrogen-bond donors (Lipinski definition) is 1. The Labute approximate surface area is 97.5 Å². The highest BCUT2D eigenvalue weighted by Crippen LogP contribution is 2.22. The van der Waals surface area contributed by atoms with E-state index in [2.05, 4.69) is 5.32 Å². The first-order chi connectivity index (χ1) is 7.66. The van der Waals surface area contributed by atoms with Crippen molar-refractivity contribution in [3.63, 3.8) is 0 Å². The third-order valence-corrected chi connectivity index (χ3v) is 2.83. The van der Waals surface area contributed by atoms with E-state index < -0.39 is 4.92 Å². The monoisotopic (exact) mass is 242 g/mol. The number of nitro groups is 1. The first-order valence-corrected chi connectivity index (χ1v) is 5.28. The third kappa shape index (κ3) is 2.49. The molecule has 1 aromatic carbocycles. The molecule has 0 aliphatic carbocycles. The Hall–Kier alpha value is -1.17. The van der Waals surface area contributed by atoms with E-state index >= 15 is 0 Å². The third-order valence-electron chi connectivity index (χ3n) is 2.46. The topological polar surface area (TPSA) is 64.4 Å². The Balaban J connectivity index is 2.05. The average molecular weight is 243 g/mol. The summed E-state index contributed by atoms with van der Waals surface area (Å²) in [6.07, 6.45) is 0. The molecule has 2 rings (SSSR count). The van der Waals surface area contributed by atoms with E-state index in [9.17, 15) is 10.1 Å². The number of halogens is 1. The van der Waals surface area contributed by atoms with Gasteiger partial charge in [-0.15, -0.1) is 0 Å². The molecule has 0 bridgehead atoms. The van der Waals surface area contributed by atoms with Gasteiger partial charge < -0.3 is 10.1 Å². The number of rotatable bonds is 4. The second-order valence-corrected chi connectivity index (χ2v) is 4.06. The molecule has 0 spiro atoms. The van der Waals surface area contributed by atoms with E-state index in [1.54, 1.807) is 6.07 Å². The van der Waals surface area contributed by atoms with E-state index in [4.69, 9.17) is 16.3 Å². The smallest absolute Gasteiger partial charge is 0.269 e. The summed E-state index contributed by atoms with van der Waals surface area (Å²) in [5.74, 6) is 0. The lowest BCUT2D eigenvalue weighted by Gasteiger charge is -2.27. The highest BCUT2D eigenvalue weighted by molar-refractivity contribution is 6.31. The summed E-state index contributed by atoms with van der Waals surface area (Å²) in [5.41, 5.74) is 0.800. The van der Waals surface area contributed by atoms with Crippen LogP contribution in [-0.2, 0) is 11.3 Å². The number of ether oxygens (including phenoxy) is 1. The zero-order chi connectivity index (χ0) is 11.5. The fourth-order valence-electron chi connectivity index (χ4n) is 1.42. The molecular weight excluding hydrogens is 232 g/mol. The molecule has 1 heterocycles. The van der Waals surface area contributed by atoms with Crippen LogP contribution in [0.15, 0.2) is 18.2 Å². The number of nitro benzene ring substituents is 1. The maximum atomic E-state index is 10.6. The minimum atomic E-state index is -0.424. The molecule has 0 atom stereocenters. The fourth-order valence-corrected chi connectivity index (χ4v) is 1.60. The van der Waals surface area contributed by atoms with E-state index in [-0.39, 0.29) is 5.69 Å². The molecule has 1 aliphatic heterocycles. The Bertz CT molecular complexity index is 407. The Morgan fingerprint density at radius 2 is 2.31 bits per heavy atom. The lowest BCUT2D eigenvalue weighted by Crippen LogP contribution is -2.45. The molecule has 6 heteroatoms. The molecule has 0 saturated carbocycles. The summed E-state index contributed by atoms with van der Waals surface area (Å²) in [5, 5.41) is 14.3. The molecule has 16 heavy (non-hydrogen) atoms. The first kappa shape index (κ1) is 11.3. The summed E-state index contributed by atoms with van der Waals surface area (Å²) < 4.78 is 5.01. The van der Waals surface area contributed by atoms with Crippen LogP contribution in [0.25, 0.3) is 0 Å². The van der Waals surface area contributed by atoms with E-state index in [1.807, 2.05) is 0 Å². The molecular formula is C10H11ClN2O3. The Morgan fingerprint density at radius 3 is 2.88 bits per heavy atom. The van der Waals surface area contributed by atoms with Crippen molar-refractivity contribution in [1.82, 2.24) is 5.32 Å². The van der Waals surface area contributed by atoms with E-state index in [0.29, 0.717) is 30.8 Å². The molecule has 1 fully saturated rings. The lowest BCUT2D eigenvalue weighted by atomic mass is 10.1. The minimum absolute atomic E-state index is 0.0612. The maximum absolute atomic E-state index is 10.6. The van der Waals surface area contributed by atoms with Crippen LogP contribution in [0.3, 0.4) is 0 Å². The van der Waals surface area contributed by atoms with Crippen LogP contribution < -0.4 is 5.32 Å². The van der Waals surface area contributed by atoms with Gasteiger partial charge >= 0.3 is 0 Å². The standard InChI is InChI=1S/C10H11ClN2O3/c11-10-2-1-9(13(14)15)3-7(10)4-12-8-5-16-6-8/h1-3,8,12H,4-6H2. The van der Waals surface area contributed by atoms with Gasteiger partial charge in [0.25, 0.3) is 5.69 Å². The highest BCUT2D eigenvalue weighted by atomic mass is 35.5. The Kier molecular flexibility index (Phi) is 3.38. The summed E-state index contributed by atoms with van der Waals surface area (Å²) in [6, 6.07) is 4.77. The zero-order valence-electron chi connectivity index (χ0n) is 8.48. The Morgan fingerprint density at radius 1 is 1.56 bits per heavy atom. The first-order valence-electron chi connectivity index (χ1n) is 4.91. The van der Waals surface area contributed by atoms with Crippen LogP contribution in [0, 0.1) is 10.1 Å². The van der Waals surface area contributed by atoms with Gasteiger partial charge in [0.1, 0.15) is 0 Å². The van der Waals surface area contributed by atoms with Crippen molar-refractivity contribution in [3.8, 4) is 0 Å². The van der Waals surface area contributed by atoms with Gasteiger partial charge in [-0.25, -0.2) is 0 Å². The quantitative estimate of drug-likeness (QED) is 0.645. The van der Waals surface area contributed by atoms with Gasteiger partial charge in [0, 0.05) is 23.7 Å². The average Bonchev–Trinajstić information content (AvgIpc) is 2.18. The van der Waals surface area contributed by atoms with E-state index in [1.165, 1.54) is 12.1 Å². The van der Waals surface area contributed by atoms with Gasteiger partial charge in [-0.1, -0.05) is 11.6 Å².